The van der Waals surface area contributed by atoms with Crippen LogP contribution in [-0.2, 0) is 0 Å². The van der Waals surface area contributed by atoms with Gasteiger partial charge in [-0.05, 0) is 44.4 Å². The highest BCUT2D eigenvalue weighted by molar-refractivity contribution is 7.99. The number of fused-ring (bicyclic) bond motifs is 1. The minimum absolute atomic E-state index is 0.841. The molecule has 1 aromatic carbocycles. The minimum Gasteiger partial charge on any atom is -0.333 e. The van der Waals surface area contributed by atoms with Crippen LogP contribution in [0.2, 0.25) is 0 Å². The van der Waals surface area contributed by atoms with Gasteiger partial charge in [0, 0.05) is 11.8 Å². The second kappa shape index (κ2) is 5.76. The molecule has 1 aliphatic rings. The van der Waals surface area contributed by atoms with Crippen molar-refractivity contribution < 1.29 is 0 Å². The number of aromatic amines is 1. The number of hydrogen-bond acceptors (Lipinski definition) is 3. The highest BCUT2D eigenvalue weighted by Crippen LogP contribution is 2.21. The maximum absolute atomic E-state index is 4.56. The van der Waals surface area contributed by atoms with Crippen molar-refractivity contribution in [2.75, 3.05) is 12.3 Å². The summed E-state index contributed by atoms with van der Waals surface area (Å²) in [5.74, 6) is 1.15. The van der Waals surface area contributed by atoms with Crippen molar-refractivity contribution >= 4 is 22.8 Å². The Bertz CT molecular complexity index is 471. The van der Waals surface area contributed by atoms with Crippen LogP contribution in [0.4, 0.5) is 0 Å². The summed E-state index contributed by atoms with van der Waals surface area (Å²) in [5, 5.41) is 4.59. The van der Waals surface area contributed by atoms with Gasteiger partial charge in [0.1, 0.15) is 0 Å². The number of para-hydroxylation sites is 2. The number of nitrogens with zero attached hydrogens (tertiary/aromatic N) is 1. The predicted octanol–water partition coefficient (Wildman–Crippen LogP) is 3.19. The first kappa shape index (κ1) is 12.1. The van der Waals surface area contributed by atoms with Crippen LogP contribution in [0.15, 0.2) is 29.4 Å². The molecular formula is C14H19N3S. The van der Waals surface area contributed by atoms with Gasteiger partial charge >= 0.3 is 0 Å². The predicted molar refractivity (Wildman–Crippen MR) is 77.1 cm³/mol. The SMILES string of the molecule is c1ccc2[nH]c(SCCCCNC3CC3)nc2c1. The highest BCUT2D eigenvalue weighted by Gasteiger charge is 2.19. The molecular weight excluding hydrogens is 242 g/mol. The van der Waals surface area contributed by atoms with Crippen LogP contribution in [0.5, 0.6) is 0 Å². The van der Waals surface area contributed by atoms with Gasteiger partial charge in [-0.1, -0.05) is 23.9 Å². The molecule has 4 heteroatoms. The van der Waals surface area contributed by atoms with Gasteiger partial charge in [0.2, 0.25) is 0 Å². The third-order valence-corrected chi connectivity index (χ3v) is 4.15. The van der Waals surface area contributed by atoms with E-state index in [0.717, 1.165) is 28.0 Å². The van der Waals surface area contributed by atoms with E-state index in [1.165, 1.54) is 32.2 Å². The Morgan fingerprint density at radius 1 is 1.28 bits per heavy atom. The van der Waals surface area contributed by atoms with Gasteiger partial charge in [0.25, 0.3) is 0 Å². The van der Waals surface area contributed by atoms with Gasteiger partial charge in [0.15, 0.2) is 5.16 Å². The quantitative estimate of drug-likeness (QED) is 0.594. The van der Waals surface area contributed by atoms with Gasteiger partial charge in [-0.25, -0.2) is 4.98 Å². The third-order valence-electron chi connectivity index (χ3n) is 3.19. The van der Waals surface area contributed by atoms with Crippen molar-refractivity contribution in [3.63, 3.8) is 0 Å². The Labute approximate surface area is 112 Å². The van der Waals surface area contributed by atoms with E-state index >= 15 is 0 Å². The van der Waals surface area contributed by atoms with Gasteiger partial charge in [-0.2, -0.15) is 0 Å². The topological polar surface area (TPSA) is 40.7 Å². The maximum Gasteiger partial charge on any atom is 0.166 e. The van der Waals surface area contributed by atoms with Gasteiger partial charge in [-0.3, -0.25) is 0 Å². The molecule has 3 rings (SSSR count). The molecule has 1 aliphatic carbocycles. The van der Waals surface area contributed by atoms with E-state index in [1.807, 2.05) is 23.9 Å². The molecule has 96 valence electrons. The molecule has 0 atom stereocenters. The van der Waals surface area contributed by atoms with Crippen LogP contribution in [-0.4, -0.2) is 28.3 Å². The van der Waals surface area contributed by atoms with E-state index in [2.05, 4.69) is 27.4 Å². The normalized spacial score (nSPS) is 15.3. The number of imidazole rings is 1. The minimum atomic E-state index is 0.841. The van der Waals surface area contributed by atoms with E-state index in [0.29, 0.717) is 0 Å². The lowest BCUT2D eigenvalue weighted by molar-refractivity contribution is 0.640. The molecule has 3 nitrogen and oxygen atoms in total. The van der Waals surface area contributed by atoms with Crippen LogP contribution in [0.3, 0.4) is 0 Å². The Morgan fingerprint density at radius 2 is 2.17 bits per heavy atom. The summed E-state index contributed by atoms with van der Waals surface area (Å²) in [5.41, 5.74) is 2.20. The first-order valence-electron chi connectivity index (χ1n) is 6.73. The van der Waals surface area contributed by atoms with Crippen molar-refractivity contribution in [3.05, 3.63) is 24.3 Å². The van der Waals surface area contributed by atoms with E-state index in [4.69, 9.17) is 0 Å². The number of benzene rings is 1. The number of hydrogen-bond donors (Lipinski definition) is 2. The number of H-pyrrole nitrogens is 1. The fraction of sp³-hybridized carbons (Fsp3) is 0.500. The van der Waals surface area contributed by atoms with E-state index in [-0.39, 0.29) is 0 Å². The van der Waals surface area contributed by atoms with Gasteiger partial charge in [0.05, 0.1) is 11.0 Å². The molecule has 2 N–H and O–H groups in total. The van der Waals surface area contributed by atoms with Gasteiger partial charge in [-0.15, -0.1) is 0 Å². The van der Waals surface area contributed by atoms with Gasteiger partial charge < -0.3 is 10.3 Å². The molecule has 0 bridgehead atoms. The Morgan fingerprint density at radius 3 is 3.00 bits per heavy atom. The summed E-state index contributed by atoms with van der Waals surface area (Å²) in [6.45, 7) is 1.17. The second-order valence-corrected chi connectivity index (χ2v) is 5.93. The first-order chi connectivity index (χ1) is 8.92. The molecule has 0 saturated heterocycles. The monoisotopic (exact) mass is 261 g/mol. The standard InChI is InChI=1S/C14H19N3S/c1-2-6-13-12(5-1)16-14(17-13)18-10-4-3-9-15-11-7-8-11/h1-2,5-6,11,15H,3-4,7-10H2,(H,16,17). The molecule has 1 fully saturated rings. The Kier molecular flexibility index (Phi) is 3.86. The average molecular weight is 261 g/mol. The molecule has 1 saturated carbocycles. The molecule has 0 unspecified atom stereocenters. The zero-order chi connectivity index (χ0) is 12.2. The summed E-state index contributed by atoms with van der Waals surface area (Å²) in [6.07, 6.45) is 5.28. The number of nitrogens with one attached hydrogen (secondary N) is 2. The van der Waals surface area contributed by atoms with Crippen molar-refractivity contribution in [3.8, 4) is 0 Å². The summed E-state index contributed by atoms with van der Waals surface area (Å²) in [6, 6.07) is 9.04. The first-order valence-corrected chi connectivity index (χ1v) is 7.71. The molecule has 0 aliphatic heterocycles. The molecule has 0 radical (unpaired) electrons. The highest BCUT2D eigenvalue weighted by atomic mass is 32.2. The molecule has 1 aromatic heterocycles. The van der Waals surface area contributed by atoms with Crippen LogP contribution >= 0.6 is 11.8 Å². The fourth-order valence-corrected chi connectivity index (χ4v) is 2.87. The summed E-state index contributed by atoms with van der Waals surface area (Å²) < 4.78 is 0. The third kappa shape index (κ3) is 3.27. The van der Waals surface area contributed by atoms with Crippen molar-refractivity contribution in [2.24, 2.45) is 0 Å². The molecule has 2 aromatic rings. The average Bonchev–Trinajstić information content (AvgIpc) is 3.11. The smallest absolute Gasteiger partial charge is 0.166 e. The zero-order valence-electron chi connectivity index (χ0n) is 10.5. The molecule has 0 spiro atoms. The number of thioether (sulfide) groups is 1. The van der Waals surface area contributed by atoms with Crippen molar-refractivity contribution in [2.45, 2.75) is 36.9 Å². The molecule has 0 amide bonds. The van der Waals surface area contributed by atoms with Crippen LogP contribution < -0.4 is 5.32 Å². The van der Waals surface area contributed by atoms with Crippen molar-refractivity contribution in [1.82, 2.24) is 15.3 Å². The lowest BCUT2D eigenvalue weighted by atomic mass is 10.3. The van der Waals surface area contributed by atoms with E-state index in [9.17, 15) is 0 Å². The Hall–Kier alpha value is -1.00. The number of rotatable bonds is 7. The van der Waals surface area contributed by atoms with Crippen LogP contribution in [0, 0.1) is 0 Å². The van der Waals surface area contributed by atoms with Crippen LogP contribution in [0.25, 0.3) is 11.0 Å². The second-order valence-electron chi connectivity index (χ2n) is 4.84. The molecule has 18 heavy (non-hydrogen) atoms. The van der Waals surface area contributed by atoms with Crippen LogP contribution in [0.1, 0.15) is 25.7 Å². The largest absolute Gasteiger partial charge is 0.333 e. The molecule has 1 heterocycles. The number of aromatic nitrogens is 2. The Balaban J connectivity index is 1.39. The van der Waals surface area contributed by atoms with E-state index in [1.54, 1.807) is 0 Å². The lowest BCUT2D eigenvalue weighted by Gasteiger charge is -2.01. The van der Waals surface area contributed by atoms with Crippen molar-refractivity contribution in [1.29, 1.82) is 0 Å². The summed E-state index contributed by atoms with van der Waals surface area (Å²) in [7, 11) is 0. The lowest BCUT2D eigenvalue weighted by Crippen LogP contribution is -2.17. The zero-order valence-corrected chi connectivity index (χ0v) is 11.3. The number of unbranched alkanes of at least 4 members (excludes halogenated alkanes) is 1. The summed E-state index contributed by atoms with van der Waals surface area (Å²) >= 11 is 1.83. The maximum atomic E-state index is 4.56. The van der Waals surface area contributed by atoms with E-state index < -0.39 is 0 Å². The fourth-order valence-electron chi connectivity index (χ4n) is 1.99. The summed E-state index contributed by atoms with van der Waals surface area (Å²) in [4.78, 5) is 7.91.